The van der Waals surface area contributed by atoms with Crippen molar-refractivity contribution >= 4 is 48.7 Å². The number of hydrogen-bond donors (Lipinski definition) is 1. The van der Waals surface area contributed by atoms with Gasteiger partial charge in [-0.1, -0.05) is 35.4 Å². The number of rotatable bonds is 7. The van der Waals surface area contributed by atoms with Crippen LogP contribution in [0.15, 0.2) is 82.6 Å². The van der Waals surface area contributed by atoms with Crippen molar-refractivity contribution in [1.29, 1.82) is 0 Å². The minimum atomic E-state index is -5.02. The third kappa shape index (κ3) is 4.68. The molecule has 4 aromatic carbocycles. The molecule has 1 N–H and O–H groups in total. The van der Waals surface area contributed by atoms with Crippen molar-refractivity contribution in [3.8, 4) is 11.1 Å². The maximum absolute atomic E-state index is 14.2. The van der Waals surface area contributed by atoms with Crippen LogP contribution in [0.1, 0.15) is 27.0 Å². The molecule has 0 amide bonds. The Morgan fingerprint density at radius 3 is 1.43 bits per heavy atom. The van der Waals surface area contributed by atoms with Gasteiger partial charge in [-0.15, -0.1) is 0 Å². The van der Waals surface area contributed by atoms with E-state index in [1.54, 1.807) is 38.1 Å². The lowest BCUT2D eigenvalue weighted by Crippen LogP contribution is -2.26. The number of nitro benzene ring substituents is 2. The second kappa shape index (κ2) is 9.83. The van der Waals surface area contributed by atoms with Crippen LogP contribution in [0.3, 0.4) is 0 Å². The summed E-state index contributed by atoms with van der Waals surface area (Å²) in [4.78, 5) is 33.9. The van der Waals surface area contributed by atoms with E-state index >= 15 is 0 Å². The van der Waals surface area contributed by atoms with E-state index in [9.17, 15) is 46.4 Å². The Morgan fingerprint density at radius 1 is 0.667 bits per heavy atom. The number of sulfonamides is 1. The van der Waals surface area contributed by atoms with Crippen LogP contribution in [-0.4, -0.2) is 37.0 Å². The molecule has 0 spiro atoms. The van der Waals surface area contributed by atoms with E-state index in [1.807, 2.05) is 0 Å². The molecule has 15 heteroatoms. The van der Waals surface area contributed by atoms with Crippen molar-refractivity contribution in [2.24, 2.45) is 0 Å². The van der Waals surface area contributed by atoms with Crippen molar-refractivity contribution < 1.29 is 36.0 Å². The summed E-state index contributed by atoms with van der Waals surface area (Å²) in [7, 11) is -9.69. The Morgan fingerprint density at radius 2 is 1.05 bits per heavy atom. The zero-order chi connectivity index (χ0) is 30.7. The molecule has 0 atom stereocenters. The van der Waals surface area contributed by atoms with E-state index < -0.39 is 79.2 Å². The molecule has 42 heavy (non-hydrogen) atoms. The van der Waals surface area contributed by atoms with Gasteiger partial charge < -0.3 is 0 Å². The van der Waals surface area contributed by atoms with Crippen LogP contribution < -0.4 is 4.31 Å². The van der Waals surface area contributed by atoms with E-state index in [2.05, 4.69) is 0 Å². The molecule has 0 unspecified atom stereocenters. The minimum Gasteiger partial charge on any atom is -0.289 e. The van der Waals surface area contributed by atoms with Gasteiger partial charge in [-0.2, -0.15) is 8.42 Å². The third-order valence-corrected chi connectivity index (χ3v) is 9.25. The highest BCUT2D eigenvalue weighted by molar-refractivity contribution is 7.93. The Balaban J connectivity index is 1.80. The summed E-state index contributed by atoms with van der Waals surface area (Å²) >= 11 is 0. The number of carbonyl (C=O) groups is 1. The average molecular weight is 610 g/mol. The van der Waals surface area contributed by atoms with Crippen molar-refractivity contribution in [3.63, 3.8) is 0 Å². The molecule has 0 bridgehead atoms. The number of carbonyl (C=O) groups excluding carboxylic acids is 1. The predicted molar refractivity (Wildman–Crippen MR) is 150 cm³/mol. The van der Waals surface area contributed by atoms with Gasteiger partial charge in [0.05, 0.1) is 37.2 Å². The van der Waals surface area contributed by atoms with Crippen LogP contribution >= 0.6 is 0 Å². The summed E-state index contributed by atoms with van der Waals surface area (Å²) in [5.74, 6) is -1.09. The lowest BCUT2D eigenvalue weighted by molar-refractivity contribution is -0.386. The van der Waals surface area contributed by atoms with Gasteiger partial charge in [-0.3, -0.25) is 29.6 Å². The van der Waals surface area contributed by atoms with Gasteiger partial charge in [0.2, 0.25) is 0 Å². The number of nitrogens with zero attached hydrogens (tertiary/aromatic N) is 3. The first-order valence-corrected chi connectivity index (χ1v) is 14.9. The van der Waals surface area contributed by atoms with E-state index in [1.165, 1.54) is 24.3 Å². The number of aryl methyl sites for hydroxylation is 2. The SMILES string of the molecule is Cc1ccc(N(c2ccc(C)cc2)S(=O)(=O)c2cc3c(c([N+](=O)[O-])c2)-c2c(cc(S(=O)(=O)O)cc2[N+](=O)[O-])C3=O)cc1. The zero-order valence-electron chi connectivity index (χ0n) is 21.7. The van der Waals surface area contributed by atoms with Crippen LogP contribution in [0.25, 0.3) is 11.1 Å². The van der Waals surface area contributed by atoms with Crippen LogP contribution in [0, 0.1) is 34.1 Å². The fraction of sp³-hybridized carbons (Fsp3) is 0.0741. The molecule has 0 saturated carbocycles. The Bertz CT molecular complexity index is 2010. The van der Waals surface area contributed by atoms with Gasteiger partial charge in [-0.05, 0) is 50.2 Å². The van der Waals surface area contributed by atoms with Gasteiger partial charge in [-0.25, -0.2) is 12.7 Å². The largest absolute Gasteiger partial charge is 0.294 e. The second-order valence-corrected chi connectivity index (χ2v) is 12.7. The molecule has 13 nitrogen and oxygen atoms in total. The highest BCUT2D eigenvalue weighted by Crippen LogP contribution is 2.49. The van der Waals surface area contributed by atoms with E-state index in [0.717, 1.165) is 21.5 Å². The highest BCUT2D eigenvalue weighted by Gasteiger charge is 2.42. The molecule has 214 valence electrons. The quantitative estimate of drug-likeness (QED) is 0.147. The molecule has 5 rings (SSSR count). The Labute approximate surface area is 238 Å². The summed E-state index contributed by atoms with van der Waals surface area (Å²) in [6.07, 6.45) is 0. The summed E-state index contributed by atoms with van der Waals surface area (Å²) in [5, 5.41) is 24.1. The van der Waals surface area contributed by atoms with Crippen molar-refractivity contribution in [3.05, 3.63) is 115 Å². The lowest BCUT2D eigenvalue weighted by Gasteiger charge is -2.25. The van der Waals surface area contributed by atoms with E-state index in [-0.39, 0.29) is 11.4 Å². The maximum Gasteiger partial charge on any atom is 0.294 e. The molecular formula is C27H19N3O10S2. The number of anilines is 2. The standard InChI is InChI=1S/C27H19N3O10S2/c1-15-3-7-17(8-4-15)28(18-9-5-16(2)6-10-18)41(36,37)19-11-21-25(23(13-19)29(32)33)26-22(27(21)31)12-20(42(38,39)40)14-24(26)30(34)35/h3-14H,1-2H3,(H,38,39,40). The van der Waals surface area contributed by atoms with Crippen LogP contribution in [0.4, 0.5) is 22.7 Å². The highest BCUT2D eigenvalue weighted by atomic mass is 32.2. The van der Waals surface area contributed by atoms with Crippen LogP contribution in [0.5, 0.6) is 0 Å². The molecule has 0 aliphatic heterocycles. The van der Waals surface area contributed by atoms with Gasteiger partial charge >= 0.3 is 0 Å². The second-order valence-electron chi connectivity index (χ2n) is 9.49. The fourth-order valence-corrected chi connectivity index (χ4v) is 6.77. The summed E-state index contributed by atoms with van der Waals surface area (Å²) in [5.41, 5.74) is -2.13. The third-order valence-electron chi connectivity index (χ3n) is 6.69. The van der Waals surface area contributed by atoms with Gasteiger partial charge in [0.15, 0.2) is 5.78 Å². The normalized spacial score (nSPS) is 12.5. The van der Waals surface area contributed by atoms with E-state index in [0.29, 0.717) is 18.2 Å². The molecule has 0 fully saturated rings. The fourth-order valence-electron chi connectivity index (χ4n) is 4.71. The molecular weight excluding hydrogens is 590 g/mol. The predicted octanol–water partition coefficient (Wildman–Crippen LogP) is 5.10. The molecule has 1 aliphatic rings. The smallest absolute Gasteiger partial charge is 0.289 e. The lowest BCUT2D eigenvalue weighted by atomic mass is 10.0. The Kier molecular flexibility index (Phi) is 6.68. The number of benzene rings is 4. The summed E-state index contributed by atoms with van der Waals surface area (Å²) in [6.45, 7) is 3.60. The number of fused-ring (bicyclic) bond motifs is 3. The van der Waals surface area contributed by atoms with E-state index in [4.69, 9.17) is 0 Å². The number of nitro groups is 2. The van der Waals surface area contributed by atoms with Crippen LogP contribution in [-0.2, 0) is 20.1 Å². The van der Waals surface area contributed by atoms with Gasteiger partial charge in [0.25, 0.3) is 31.5 Å². The summed E-state index contributed by atoms with van der Waals surface area (Å²) in [6, 6.07) is 15.5. The average Bonchev–Trinajstić information content (AvgIpc) is 3.21. The topological polar surface area (TPSA) is 195 Å². The van der Waals surface area contributed by atoms with Gasteiger partial charge in [0.1, 0.15) is 4.90 Å². The molecule has 1 aliphatic carbocycles. The number of hydrogen-bond acceptors (Lipinski definition) is 9. The zero-order valence-corrected chi connectivity index (χ0v) is 23.3. The van der Waals surface area contributed by atoms with Crippen LogP contribution in [0.2, 0.25) is 0 Å². The van der Waals surface area contributed by atoms with Crippen molar-refractivity contribution in [2.75, 3.05) is 4.31 Å². The first kappa shape index (κ1) is 28.5. The molecule has 0 radical (unpaired) electrons. The molecule has 0 aromatic heterocycles. The first-order valence-electron chi connectivity index (χ1n) is 12.0. The minimum absolute atomic E-state index is 0.190. The number of ketones is 1. The first-order chi connectivity index (χ1) is 19.6. The molecule has 0 saturated heterocycles. The molecule has 0 heterocycles. The summed E-state index contributed by atoms with van der Waals surface area (Å²) < 4.78 is 62.3. The monoisotopic (exact) mass is 609 g/mol. The molecule has 4 aromatic rings. The van der Waals surface area contributed by atoms with Crippen molar-refractivity contribution in [2.45, 2.75) is 23.6 Å². The Hall–Kier alpha value is -4.99. The maximum atomic E-state index is 14.2. The van der Waals surface area contributed by atoms with Crippen molar-refractivity contribution in [1.82, 2.24) is 0 Å². The van der Waals surface area contributed by atoms with Gasteiger partial charge in [0, 0.05) is 23.3 Å².